The highest BCUT2D eigenvalue weighted by atomic mass is 32.2. The van der Waals surface area contributed by atoms with Crippen molar-refractivity contribution in [2.24, 2.45) is 0 Å². The number of aryl methyl sites for hydroxylation is 1. The zero-order chi connectivity index (χ0) is 20.7. The summed E-state index contributed by atoms with van der Waals surface area (Å²) in [7, 11) is -0.744. The number of carbonyl (C=O) groups excluding carboxylic acids is 2. The van der Waals surface area contributed by atoms with E-state index in [1.807, 2.05) is 30.3 Å². The molecule has 0 atom stereocenters. The Morgan fingerprint density at radius 3 is 2.11 bits per heavy atom. The van der Waals surface area contributed by atoms with Crippen LogP contribution >= 0.6 is 0 Å². The molecule has 0 heterocycles. The standard InChI is InChI=1S/C21H26N2O4S/c1-17(24)19-11-13-20(14-12-19)28(26,27)23(3)16-21(25)22(2)15-7-10-18-8-5-4-6-9-18/h4-6,8-9,11-14H,7,10,15-16H2,1-3H3. The molecule has 0 aliphatic carbocycles. The summed E-state index contributed by atoms with van der Waals surface area (Å²) in [5, 5.41) is 0. The predicted molar refractivity (Wildman–Crippen MR) is 109 cm³/mol. The molecule has 0 unspecified atom stereocenters. The van der Waals surface area contributed by atoms with Crippen LogP contribution in [0.1, 0.15) is 29.3 Å². The van der Waals surface area contributed by atoms with E-state index in [0.717, 1.165) is 17.1 Å². The van der Waals surface area contributed by atoms with Gasteiger partial charge in [-0.15, -0.1) is 0 Å². The van der Waals surface area contributed by atoms with Gasteiger partial charge in [-0.3, -0.25) is 9.59 Å². The molecule has 0 aliphatic rings. The van der Waals surface area contributed by atoms with E-state index in [-0.39, 0.29) is 23.1 Å². The van der Waals surface area contributed by atoms with Crippen molar-refractivity contribution < 1.29 is 18.0 Å². The fourth-order valence-corrected chi connectivity index (χ4v) is 3.85. The third-order valence-electron chi connectivity index (χ3n) is 4.55. The largest absolute Gasteiger partial charge is 0.345 e. The number of likely N-dealkylation sites (N-methyl/N-ethyl adjacent to an activating group) is 2. The minimum atomic E-state index is -3.80. The van der Waals surface area contributed by atoms with Gasteiger partial charge in [0, 0.05) is 26.2 Å². The summed E-state index contributed by atoms with van der Waals surface area (Å²) < 4.78 is 26.3. The lowest BCUT2D eigenvalue weighted by molar-refractivity contribution is -0.129. The van der Waals surface area contributed by atoms with E-state index in [4.69, 9.17) is 0 Å². The minimum absolute atomic E-state index is 0.0551. The number of ketones is 1. The maximum Gasteiger partial charge on any atom is 0.243 e. The highest BCUT2D eigenvalue weighted by Crippen LogP contribution is 2.15. The summed E-state index contributed by atoms with van der Waals surface area (Å²) in [6, 6.07) is 15.7. The van der Waals surface area contributed by atoms with Crippen LogP contribution in [0.5, 0.6) is 0 Å². The van der Waals surface area contributed by atoms with Gasteiger partial charge in [0.25, 0.3) is 0 Å². The molecule has 2 rings (SSSR count). The number of sulfonamides is 1. The van der Waals surface area contributed by atoms with Crippen LogP contribution < -0.4 is 0 Å². The van der Waals surface area contributed by atoms with E-state index in [2.05, 4.69) is 0 Å². The number of nitrogens with zero attached hydrogens (tertiary/aromatic N) is 2. The Morgan fingerprint density at radius 2 is 1.54 bits per heavy atom. The second-order valence-electron chi connectivity index (χ2n) is 6.75. The SMILES string of the molecule is CC(=O)c1ccc(S(=O)(=O)N(C)CC(=O)N(C)CCCc2ccccc2)cc1. The average molecular weight is 403 g/mol. The van der Waals surface area contributed by atoms with Crippen molar-refractivity contribution in [3.63, 3.8) is 0 Å². The maximum atomic E-state index is 12.6. The smallest absolute Gasteiger partial charge is 0.243 e. The van der Waals surface area contributed by atoms with Gasteiger partial charge in [0.05, 0.1) is 11.4 Å². The molecule has 0 saturated carbocycles. The molecule has 0 aliphatic heterocycles. The van der Waals surface area contributed by atoms with E-state index in [0.29, 0.717) is 12.1 Å². The Labute approximate surface area is 166 Å². The van der Waals surface area contributed by atoms with Crippen LogP contribution in [0.3, 0.4) is 0 Å². The lowest BCUT2D eigenvalue weighted by atomic mass is 10.1. The number of amides is 1. The molecule has 2 aromatic carbocycles. The van der Waals surface area contributed by atoms with Gasteiger partial charge >= 0.3 is 0 Å². The molecule has 0 aromatic heterocycles. The molecule has 6 nitrogen and oxygen atoms in total. The summed E-state index contributed by atoms with van der Waals surface area (Å²) >= 11 is 0. The number of Topliss-reactive ketones (excluding diaryl/α,β-unsaturated/α-hetero) is 1. The van der Waals surface area contributed by atoms with Crippen molar-refractivity contribution in [1.82, 2.24) is 9.21 Å². The number of hydrogen-bond acceptors (Lipinski definition) is 4. The van der Waals surface area contributed by atoms with Crippen molar-refractivity contribution in [2.75, 3.05) is 27.2 Å². The quantitative estimate of drug-likeness (QED) is 0.604. The van der Waals surface area contributed by atoms with E-state index >= 15 is 0 Å². The number of carbonyl (C=O) groups is 2. The molecular weight excluding hydrogens is 376 g/mol. The second-order valence-corrected chi connectivity index (χ2v) is 8.79. The third kappa shape index (κ3) is 5.74. The Hall–Kier alpha value is -2.51. The number of rotatable bonds is 9. The van der Waals surface area contributed by atoms with Crippen molar-refractivity contribution >= 4 is 21.7 Å². The van der Waals surface area contributed by atoms with Gasteiger partial charge in [0.15, 0.2) is 5.78 Å². The number of benzene rings is 2. The van der Waals surface area contributed by atoms with Crippen LogP contribution in [0, 0.1) is 0 Å². The lowest BCUT2D eigenvalue weighted by Gasteiger charge is -2.22. The van der Waals surface area contributed by atoms with Crippen LogP contribution in [-0.2, 0) is 21.2 Å². The molecule has 0 bridgehead atoms. The first kappa shape index (κ1) is 21.8. The summed E-state index contributed by atoms with van der Waals surface area (Å²) in [6.07, 6.45) is 1.66. The van der Waals surface area contributed by atoms with Gasteiger partial charge in [-0.05, 0) is 37.5 Å². The zero-order valence-electron chi connectivity index (χ0n) is 16.5. The highest BCUT2D eigenvalue weighted by Gasteiger charge is 2.24. The zero-order valence-corrected chi connectivity index (χ0v) is 17.3. The van der Waals surface area contributed by atoms with Gasteiger partial charge in [0.1, 0.15) is 0 Å². The molecule has 0 fully saturated rings. The van der Waals surface area contributed by atoms with Gasteiger partial charge in [-0.25, -0.2) is 8.42 Å². The van der Waals surface area contributed by atoms with Crippen molar-refractivity contribution in [1.29, 1.82) is 0 Å². The molecule has 2 aromatic rings. The summed E-state index contributed by atoms with van der Waals surface area (Å²) in [4.78, 5) is 25.3. The average Bonchev–Trinajstić information content (AvgIpc) is 2.68. The lowest BCUT2D eigenvalue weighted by Crippen LogP contribution is -2.39. The van der Waals surface area contributed by atoms with E-state index in [1.54, 1.807) is 11.9 Å². The Morgan fingerprint density at radius 1 is 0.929 bits per heavy atom. The van der Waals surface area contributed by atoms with Gasteiger partial charge in [0.2, 0.25) is 15.9 Å². The molecule has 0 radical (unpaired) electrons. The monoisotopic (exact) mass is 402 g/mol. The normalized spacial score (nSPS) is 11.4. The van der Waals surface area contributed by atoms with Crippen LogP contribution in [0.2, 0.25) is 0 Å². The third-order valence-corrected chi connectivity index (χ3v) is 6.37. The Bertz CT molecular complexity index is 909. The summed E-state index contributed by atoms with van der Waals surface area (Å²) in [5.41, 5.74) is 1.65. The highest BCUT2D eigenvalue weighted by molar-refractivity contribution is 7.89. The minimum Gasteiger partial charge on any atom is -0.345 e. The van der Waals surface area contributed by atoms with Crippen molar-refractivity contribution in [3.8, 4) is 0 Å². The van der Waals surface area contributed by atoms with E-state index in [1.165, 1.54) is 43.8 Å². The fraction of sp³-hybridized carbons (Fsp3) is 0.333. The molecule has 0 saturated heterocycles. The summed E-state index contributed by atoms with van der Waals surface area (Å²) in [5.74, 6) is -0.399. The van der Waals surface area contributed by atoms with Crippen LogP contribution in [0.15, 0.2) is 59.5 Å². The van der Waals surface area contributed by atoms with Crippen molar-refractivity contribution in [3.05, 3.63) is 65.7 Å². The first-order valence-corrected chi connectivity index (χ1v) is 10.5. The Kier molecular flexibility index (Phi) is 7.48. The fourth-order valence-electron chi connectivity index (χ4n) is 2.73. The first-order chi connectivity index (χ1) is 13.2. The van der Waals surface area contributed by atoms with Gasteiger partial charge in [-0.1, -0.05) is 42.5 Å². The molecule has 28 heavy (non-hydrogen) atoms. The van der Waals surface area contributed by atoms with Crippen LogP contribution in [-0.4, -0.2) is 56.5 Å². The topological polar surface area (TPSA) is 74.8 Å². The molecule has 1 amide bonds. The van der Waals surface area contributed by atoms with E-state index in [9.17, 15) is 18.0 Å². The predicted octanol–water partition coefficient (Wildman–Crippen LogP) is 2.60. The summed E-state index contributed by atoms with van der Waals surface area (Å²) in [6.45, 7) is 1.73. The number of hydrogen-bond donors (Lipinski definition) is 0. The first-order valence-electron chi connectivity index (χ1n) is 9.07. The van der Waals surface area contributed by atoms with Crippen LogP contribution in [0.4, 0.5) is 0 Å². The molecule has 0 spiro atoms. The van der Waals surface area contributed by atoms with E-state index < -0.39 is 10.0 Å². The van der Waals surface area contributed by atoms with Gasteiger partial charge in [-0.2, -0.15) is 4.31 Å². The maximum absolute atomic E-state index is 12.6. The Balaban J connectivity index is 1.91. The molecule has 7 heteroatoms. The van der Waals surface area contributed by atoms with Crippen molar-refractivity contribution in [2.45, 2.75) is 24.7 Å². The van der Waals surface area contributed by atoms with Gasteiger partial charge < -0.3 is 4.90 Å². The molecule has 0 N–H and O–H groups in total. The molecular formula is C21H26N2O4S. The van der Waals surface area contributed by atoms with Crippen LogP contribution in [0.25, 0.3) is 0 Å². The second kappa shape index (κ2) is 9.61. The molecule has 150 valence electrons.